The van der Waals surface area contributed by atoms with Crippen LogP contribution >= 0.6 is 0 Å². The number of nitrogens with two attached hydrogens (primary N) is 1. The Morgan fingerprint density at radius 2 is 2.07 bits per heavy atom. The quantitative estimate of drug-likeness (QED) is 0.798. The molecule has 0 bridgehead atoms. The lowest BCUT2D eigenvalue weighted by atomic mass is 10.0. The highest BCUT2D eigenvalue weighted by molar-refractivity contribution is 5.42. The molecule has 2 unspecified atom stereocenters. The van der Waals surface area contributed by atoms with Crippen molar-refractivity contribution in [3.63, 3.8) is 0 Å². The Hall–Kier alpha value is -1.09. The summed E-state index contributed by atoms with van der Waals surface area (Å²) in [5.74, 6) is 2.59. The monoisotopic (exact) mass is 205 g/mol. The molecule has 1 aromatic rings. The van der Waals surface area contributed by atoms with E-state index in [1.165, 1.54) is 0 Å². The van der Waals surface area contributed by atoms with Gasteiger partial charge in [0.25, 0.3) is 0 Å². The Kier molecular flexibility index (Phi) is 2.91. The minimum absolute atomic E-state index is 0.592. The van der Waals surface area contributed by atoms with Crippen molar-refractivity contribution in [2.24, 2.45) is 17.6 Å². The molecule has 3 heteroatoms. The van der Waals surface area contributed by atoms with Crippen LogP contribution in [0.1, 0.15) is 19.4 Å². The Bertz CT molecular complexity index is 327. The zero-order valence-electron chi connectivity index (χ0n) is 9.48. The van der Waals surface area contributed by atoms with E-state index in [0.29, 0.717) is 6.54 Å². The summed E-state index contributed by atoms with van der Waals surface area (Å²) in [5.41, 5.74) is 6.79. The third kappa shape index (κ3) is 2.12. The van der Waals surface area contributed by atoms with Crippen molar-refractivity contribution in [1.82, 2.24) is 4.98 Å². The van der Waals surface area contributed by atoms with Crippen LogP contribution in [0.4, 0.5) is 5.82 Å². The van der Waals surface area contributed by atoms with Crippen LogP contribution in [0.5, 0.6) is 0 Å². The fourth-order valence-electron chi connectivity index (χ4n) is 2.08. The van der Waals surface area contributed by atoms with Crippen molar-refractivity contribution in [2.75, 3.05) is 18.0 Å². The molecule has 0 aliphatic carbocycles. The highest BCUT2D eigenvalue weighted by atomic mass is 15.2. The summed E-state index contributed by atoms with van der Waals surface area (Å²) in [6.07, 6.45) is 1.85. The molecule has 2 heterocycles. The van der Waals surface area contributed by atoms with Crippen molar-refractivity contribution in [3.8, 4) is 0 Å². The molecule has 3 nitrogen and oxygen atoms in total. The molecule has 0 spiro atoms. The second-order valence-corrected chi connectivity index (χ2v) is 4.59. The molecule has 2 atom stereocenters. The van der Waals surface area contributed by atoms with E-state index in [1.54, 1.807) is 0 Å². The van der Waals surface area contributed by atoms with E-state index in [4.69, 9.17) is 5.73 Å². The van der Waals surface area contributed by atoms with Gasteiger partial charge in [-0.15, -0.1) is 0 Å². The number of anilines is 1. The van der Waals surface area contributed by atoms with E-state index in [9.17, 15) is 0 Å². The van der Waals surface area contributed by atoms with Gasteiger partial charge in [-0.05, 0) is 29.5 Å². The first-order chi connectivity index (χ1) is 7.20. The summed E-state index contributed by atoms with van der Waals surface area (Å²) in [4.78, 5) is 6.76. The standard InChI is InChI=1S/C12H19N3/c1-9-7-15(8-10(9)2)12-5-11(6-13)3-4-14-12/h3-5,9-10H,6-8,13H2,1-2H3. The van der Waals surface area contributed by atoms with E-state index in [-0.39, 0.29) is 0 Å². The molecular formula is C12H19N3. The minimum Gasteiger partial charge on any atom is -0.356 e. The predicted molar refractivity (Wildman–Crippen MR) is 62.7 cm³/mol. The second-order valence-electron chi connectivity index (χ2n) is 4.59. The average Bonchev–Trinajstić information content (AvgIpc) is 2.59. The summed E-state index contributed by atoms with van der Waals surface area (Å²) < 4.78 is 0. The van der Waals surface area contributed by atoms with E-state index in [2.05, 4.69) is 29.8 Å². The predicted octanol–water partition coefficient (Wildman–Crippen LogP) is 1.63. The first-order valence-corrected chi connectivity index (χ1v) is 5.60. The van der Waals surface area contributed by atoms with Crippen LogP contribution in [0.25, 0.3) is 0 Å². The molecule has 15 heavy (non-hydrogen) atoms. The normalized spacial score (nSPS) is 25.9. The molecule has 1 fully saturated rings. The van der Waals surface area contributed by atoms with Crippen LogP contribution < -0.4 is 10.6 Å². The Labute approximate surface area is 91.3 Å². The number of hydrogen-bond acceptors (Lipinski definition) is 3. The molecule has 0 radical (unpaired) electrons. The highest BCUT2D eigenvalue weighted by Gasteiger charge is 2.26. The molecule has 82 valence electrons. The zero-order valence-corrected chi connectivity index (χ0v) is 9.48. The summed E-state index contributed by atoms with van der Waals surface area (Å²) in [5, 5.41) is 0. The molecule has 2 N–H and O–H groups in total. The van der Waals surface area contributed by atoms with Gasteiger partial charge in [-0.3, -0.25) is 0 Å². The summed E-state index contributed by atoms with van der Waals surface area (Å²) in [7, 11) is 0. The van der Waals surface area contributed by atoms with E-state index < -0.39 is 0 Å². The maximum Gasteiger partial charge on any atom is 0.128 e. The summed E-state index contributed by atoms with van der Waals surface area (Å²) >= 11 is 0. The van der Waals surface area contributed by atoms with Gasteiger partial charge < -0.3 is 10.6 Å². The van der Waals surface area contributed by atoms with Gasteiger partial charge in [0.1, 0.15) is 5.82 Å². The third-order valence-electron chi connectivity index (χ3n) is 3.36. The molecule has 2 rings (SSSR count). The molecular weight excluding hydrogens is 186 g/mol. The molecule has 0 saturated carbocycles. The van der Waals surface area contributed by atoms with E-state index in [0.717, 1.165) is 36.3 Å². The molecule has 0 amide bonds. The second kappa shape index (κ2) is 4.19. The minimum atomic E-state index is 0.592. The first kappa shape index (κ1) is 10.4. The van der Waals surface area contributed by atoms with Gasteiger partial charge in [0.15, 0.2) is 0 Å². The number of aromatic nitrogens is 1. The van der Waals surface area contributed by atoms with Crippen LogP contribution in [-0.2, 0) is 6.54 Å². The van der Waals surface area contributed by atoms with E-state index >= 15 is 0 Å². The third-order valence-corrected chi connectivity index (χ3v) is 3.36. The van der Waals surface area contributed by atoms with Crippen molar-refractivity contribution < 1.29 is 0 Å². The topological polar surface area (TPSA) is 42.1 Å². The van der Waals surface area contributed by atoms with Gasteiger partial charge in [-0.2, -0.15) is 0 Å². The molecule has 1 aromatic heterocycles. The van der Waals surface area contributed by atoms with Gasteiger partial charge >= 0.3 is 0 Å². The van der Waals surface area contributed by atoms with Crippen LogP contribution in [0.3, 0.4) is 0 Å². The maximum atomic E-state index is 5.63. The fraction of sp³-hybridized carbons (Fsp3) is 0.583. The van der Waals surface area contributed by atoms with Crippen LogP contribution in [0.2, 0.25) is 0 Å². The summed E-state index contributed by atoms with van der Waals surface area (Å²) in [6.45, 7) is 7.42. The van der Waals surface area contributed by atoms with Gasteiger partial charge in [0.2, 0.25) is 0 Å². The van der Waals surface area contributed by atoms with Crippen LogP contribution in [0, 0.1) is 11.8 Å². The van der Waals surface area contributed by atoms with Crippen LogP contribution in [-0.4, -0.2) is 18.1 Å². The molecule has 0 aromatic carbocycles. The Balaban J connectivity index is 2.16. The van der Waals surface area contributed by atoms with Crippen molar-refractivity contribution in [1.29, 1.82) is 0 Å². The molecule has 1 saturated heterocycles. The average molecular weight is 205 g/mol. The lowest BCUT2D eigenvalue weighted by Gasteiger charge is -2.17. The number of pyridine rings is 1. The van der Waals surface area contributed by atoms with Gasteiger partial charge in [0, 0.05) is 25.8 Å². The lowest BCUT2D eigenvalue weighted by molar-refractivity contribution is 0.494. The van der Waals surface area contributed by atoms with Crippen molar-refractivity contribution in [3.05, 3.63) is 23.9 Å². The smallest absolute Gasteiger partial charge is 0.128 e. The number of nitrogens with zero attached hydrogens (tertiary/aromatic N) is 2. The van der Waals surface area contributed by atoms with Gasteiger partial charge in [0.05, 0.1) is 0 Å². The van der Waals surface area contributed by atoms with Crippen LogP contribution in [0.15, 0.2) is 18.3 Å². The SMILES string of the molecule is CC1CN(c2cc(CN)ccn2)CC1C. The summed E-state index contributed by atoms with van der Waals surface area (Å²) in [6, 6.07) is 4.08. The van der Waals surface area contributed by atoms with E-state index in [1.807, 2.05) is 12.3 Å². The lowest BCUT2D eigenvalue weighted by Crippen LogP contribution is -2.21. The first-order valence-electron chi connectivity index (χ1n) is 5.60. The number of rotatable bonds is 2. The highest BCUT2D eigenvalue weighted by Crippen LogP contribution is 2.26. The van der Waals surface area contributed by atoms with Gasteiger partial charge in [-0.25, -0.2) is 4.98 Å². The molecule has 1 aliphatic heterocycles. The number of hydrogen-bond donors (Lipinski definition) is 1. The Morgan fingerprint density at radius 3 is 2.67 bits per heavy atom. The van der Waals surface area contributed by atoms with Gasteiger partial charge in [-0.1, -0.05) is 13.8 Å². The Morgan fingerprint density at radius 1 is 1.40 bits per heavy atom. The fourth-order valence-corrected chi connectivity index (χ4v) is 2.08. The largest absolute Gasteiger partial charge is 0.356 e. The molecule has 1 aliphatic rings. The zero-order chi connectivity index (χ0) is 10.8. The van der Waals surface area contributed by atoms with Crippen molar-refractivity contribution >= 4 is 5.82 Å². The maximum absolute atomic E-state index is 5.63. The van der Waals surface area contributed by atoms with Crippen molar-refractivity contribution in [2.45, 2.75) is 20.4 Å².